The van der Waals surface area contributed by atoms with Gasteiger partial charge in [0.2, 0.25) is 5.91 Å². The molecule has 2 unspecified atom stereocenters. The van der Waals surface area contributed by atoms with E-state index in [1.165, 1.54) is 19.3 Å². The number of hydrogen-bond acceptors (Lipinski definition) is 3. The number of Topliss-reactive ketones (excluding diaryl/α,β-unsaturated/α-hetero) is 1. The highest BCUT2D eigenvalue weighted by atomic mass is 16.2. The van der Waals surface area contributed by atoms with Gasteiger partial charge in [0.25, 0.3) is 0 Å². The highest BCUT2D eigenvalue weighted by Gasteiger charge is 2.32. The molecule has 0 aliphatic carbocycles. The van der Waals surface area contributed by atoms with Crippen molar-refractivity contribution in [3.63, 3.8) is 0 Å². The van der Waals surface area contributed by atoms with Crippen molar-refractivity contribution in [3.05, 3.63) is 0 Å². The van der Waals surface area contributed by atoms with Gasteiger partial charge in [-0.25, -0.2) is 0 Å². The zero-order valence-electron chi connectivity index (χ0n) is 13.6. The fraction of sp³-hybridized carbons (Fsp3) is 0.882. The lowest BCUT2D eigenvalue weighted by Gasteiger charge is -2.37. The van der Waals surface area contributed by atoms with Gasteiger partial charge in [-0.15, -0.1) is 0 Å². The Morgan fingerprint density at radius 3 is 2.29 bits per heavy atom. The van der Waals surface area contributed by atoms with Crippen molar-refractivity contribution in [3.8, 4) is 0 Å². The molecule has 4 heteroatoms. The smallest absolute Gasteiger partial charge is 0.239 e. The molecule has 0 bridgehead atoms. The van der Waals surface area contributed by atoms with E-state index in [0.717, 1.165) is 45.3 Å². The SMILES string of the molecule is CC(=O)CC1CCCCCN1C(C)C(=O)N1CCCCC1. The molecule has 2 atom stereocenters. The Hall–Kier alpha value is -0.900. The van der Waals surface area contributed by atoms with Crippen LogP contribution >= 0.6 is 0 Å². The number of nitrogens with zero attached hydrogens (tertiary/aromatic N) is 2. The Kier molecular flexibility index (Phi) is 6.22. The van der Waals surface area contributed by atoms with Crippen molar-refractivity contribution in [2.24, 2.45) is 0 Å². The van der Waals surface area contributed by atoms with E-state index in [4.69, 9.17) is 0 Å². The van der Waals surface area contributed by atoms with Gasteiger partial charge in [-0.3, -0.25) is 14.5 Å². The minimum absolute atomic E-state index is 0.0782. The minimum atomic E-state index is -0.0782. The van der Waals surface area contributed by atoms with Crippen LogP contribution in [0.4, 0.5) is 0 Å². The average molecular weight is 294 g/mol. The van der Waals surface area contributed by atoms with Gasteiger partial charge in [0.1, 0.15) is 5.78 Å². The summed E-state index contributed by atoms with van der Waals surface area (Å²) in [7, 11) is 0. The van der Waals surface area contributed by atoms with E-state index in [1.54, 1.807) is 6.92 Å². The maximum atomic E-state index is 12.7. The summed E-state index contributed by atoms with van der Waals surface area (Å²) in [5.74, 6) is 0.509. The molecule has 120 valence electrons. The van der Waals surface area contributed by atoms with Crippen LogP contribution in [0, 0.1) is 0 Å². The number of carbonyl (C=O) groups is 2. The number of rotatable bonds is 4. The zero-order chi connectivity index (χ0) is 15.2. The first kappa shape index (κ1) is 16.5. The van der Waals surface area contributed by atoms with E-state index in [1.807, 2.05) is 11.8 Å². The molecule has 2 heterocycles. The molecule has 0 aromatic rings. The Labute approximate surface area is 128 Å². The van der Waals surface area contributed by atoms with Crippen LogP contribution < -0.4 is 0 Å². The van der Waals surface area contributed by atoms with Crippen LogP contribution in [0.3, 0.4) is 0 Å². The number of likely N-dealkylation sites (tertiary alicyclic amines) is 2. The number of ketones is 1. The fourth-order valence-electron chi connectivity index (χ4n) is 3.78. The van der Waals surface area contributed by atoms with Crippen LogP contribution in [0.25, 0.3) is 0 Å². The van der Waals surface area contributed by atoms with Crippen LogP contribution in [0.5, 0.6) is 0 Å². The summed E-state index contributed by atoms with van der Waals surface area (Å²) < 4.78 is 0. The maximum Gasteiger partial charge on any atom is 0.239 e. The van der Waals surface area contributed by atoms with Crippen molar-refractivity contribution in [1.29, 1.82) is 0 Å². The summed E-state index contributed by atoms with van der Waals surface area (Å²) in [4.78, 5) is 28.6. The van der Waals surface area contributed by atoms with Gasteiger partial charge in [-0.05, 0) is 52.5 Å². The monoisotopic (exact) mass is 294 g/mol. The Morgan fingerprint density at radius 2 is 1.62 bits per heavy atom. The Morgan fingerprint density at radius 1 is 1.00 bits per heavy atom. The second kappa shape index (κ2) is 7.92. The van der Waals surface area contributed by atoms with Crippen LogP contribution in [0.15, 0.2) is 0 Å². The molecule has 0 aromatic carbocycles. The molecule has 0 spiro atoms. The molecule has 4 nitrogen and oxygen atoms in total. The van der Waals surface area contributed by atoms with Gasteiger partial charge in [0, 0.05) is 25.6 Å². The van der Waals surface area contributed by atoms with Gasteiger partial charge in [0.05, 0.1) is 6.04 Å². The normalized spacial score (nSPS) is 26.2. The van der Waals surface area contributed by atoms with E-state index in [2.05, 4.69) is 4.90 Å². The maximum absolute atomic E-state index is 12.7. The lowest BCUT2D eigenvalue weighted by molar-refractivity contribution is -0.139. The molecule has 2 aliphatic heterocycles. The van der Waals surface area contributed by atoms with Crippen molar-refractivity contribution >= 4 is 11.7 Å². The lowest BCUT2D eigenvalue weighted by Crippen LogP contribution is -2.52. The highest BCUT2D eigenvalue weighted by molar-refractivity contribution is 5.82. The van der Waals surface area contributed by atoms with Crippen molar-refractivity contribution in [2.75, 3.05) is 19.6 Å². The fourth-order valence-corrected chi connectivity index (χ4v) is 3.78. The molecular weight excluding hydrogens is 264 g/mol. The summed E-state index contributed by atoms with van der Waals surface area (Å²) in [5, 5.41) is 0. The quantitative estimate of drug-likeness (QED) is 0.800. The first-order valence-electron chi connectivity index (χ1n) is 8.63. The summed E-state index contributed by atoms with van der Waals surface area (Å²) in [6.45, 7) is 6.48. The van der Waals surface area contributed by atoms with Crippen LogP contribution in [0.1, 0.15) is 65.2 Å². The predicted octanol–water partition coefficient (Wildman–Crippen LogP) is 2.61. The number of amides is 1. The van der Waals surface area contributed by atoms with Crippen LogP contribution in [-0.2, 0) is 9.59 Å². The van der Waals surface area contributed by atoms with Crippen molar-refractivity contribution < 1.29 is 9.59 Å². The van der Waals surface area contributed by atoms with Gasteiger partial charge in [-0.1, -0.05) is 12.8 Å². The second-order valence-corrected chi connectivity index (χ2v) is 6.71. The van der Waals surface area contributed by atoms with Crippen LogP contribution in [0.2, 0.25) is 0 Å². The molecule has 2 rings (SSSR count). The lowest BCUT2D eigenvalue weighted by atomic mass is 10.0. The minimum Gasteiger partial charge on any atom is -0.341 e. The predicted molar refractivity (Wildman–Crippen MR) is 84.2 cm³/mol. The first-order chi connectivity index (χ1) is 10.1. The average Bonchev–Trinajstić information content (AvgIpc) is 2.71. The largest absolute Gasteiger partial charge is 0.341 e. The molecular formula is C17H30N2O2. The standard InChI is InChI=1S/C17H30N2O2/c1-14(20)13-16-9-5-3-8-12-19(16)15(2)17(21)18-10-6-4-7-11-18/h15-16H,3-13H2,1-2H3. The van der Waals surface area contributed by atoms with Crippen molar-refractivity contribution in [1.82, 2.24) is 9.80 Å². The number of hydrogen-bond donors (Lipinski definition) is 0. The van der Waals surface area contributed by atoms with E-state index in [-0.39, 0.29) is 23.8 Å². The van der Waals surface area contributed by atoms with E-state index in [9.17, 15) is 9.59 Å². The summed E-state index contributed by atoms with van der Waals surface area (Å²) >= 11 is 0. The Balaban J connectivity index is 2.03. The second-order valence-electron chi connectivity index (χ2n) is 6.71. The Bertz CT molecular complexity index is 364. The third-order valence-electron chi connectivity index (χ3n) is 4.97. The zero-order valence-corrected chi connectivity index (χ0v) is 13.6. The van der Waals surface area contributed by atoms with E-state index < -0.39 is 0 Å². The molecule has 0 N–H and O–H groups in total. The highest BCUT2D eigenvalue weighted by Crippen LogP contribution is 2.23. The van der Waals surface area contributed by atoms with Gasteiger partial charge < -0.3 is 4.90 Å². The summed E-state index contributed by atoms with van der Waals surface area (Å²) in [6, 6.07) is 0.180. The summed E-state index contributed by atoms with van der Waals surface area (Å²) in [5.41, 5.74) is 0. The van der Waals surface area contributed by atoms with E-state index >= 15 is 0 Å². The van der Waals surface area contributed by atoms with E-state index in [0.29, 0.717) is 6.42 Å². The molecule has 0 aromatic heterocycles. The summed E-state index contributed by atoms with van der Waals surface area (Å²) in [6.07, 6.45) is 8.70. The van der Waals surface area contributed by atoms with Crippen LogP contribution in [-0.4, -0.2) is 53.2 Å². The molecule has 1 amide bonds. The third-order valence-corrected chi connectivity index (χ3v) is 4.97. The molecule has 2 saturated heterocycles. The molecule has 2 aliphatic rings. The topological polar surface area (TPSA) is 40.6 Å². The molecule has 0 saturated carbocycles. The van der Waals surface area contributed by atoms with Gasteiger partial charge >= 0.3 is 0 Å². The van der Waals surface area contributed by atoms with Gasteiger partial charge in [-0.2, -0.15) is 0 Å². The first-order valence-corrected chi connectivity index (χ1v) is 8.63. The molecule has 0 radical (unpaired) electrons. The molecule has 21 heavy (non-hydrogen) atoms. The number of carbonyl (C=O) groups excluding carboxylic acids is 2. The third kappa shape index (κ3) is 4.53. The van der Waals surface area contributed by atoms with Gasteiger partial charge in [0.15, 0.2) is 0 Å². The molecule has 2 fully saturated rings. The number of piperidine rings is 1. The van der Waals surface area contributed by atoms with Crippen molar-refractivity contribution in [2.45, 2.75) is 77.3 Å².